The van der Waals surface area contributed by atoms with Crippen molar-refractivity contribution in [1.29, 1.82) is 0 Å². The maximum Gasteiger partial charge on any atom is 0.355 e. The molecule has 0 spiro atoms. The fraction of sp³-hybridized carbons (Fsp3) is 0.100. The van der Waals surface area contributed by atoms with Crippen LogP contribution in [0.25, 0.3) is 10.9 Å². The van der Waals surface area contributed by atoms with Crippen LogP contribution in [0.5, 0.6) is 0 Å². The van der Waals surface area contributed by atoms with Crippen molar-refractivity contribution in [3.63, 3.8) is 0 Å². The highest BCUT2D eigenvalue weighted by Gasteiger charge is 2.27. The largest absolute Gasteiger partial charge is 0.451 e. The van der Waals surface area contributed by atoms with Crippen LogP contribution in [0.2, 0.25) is 0 Å². The van der Waals surface area contributed by atoms with Gasteiger partial charge in [0, 0.05) is 17.0 Å². The van der Waals surface area contributed by atoms with Crippen LogP contribution in [0.3, 0.4) is 0 Å². The summed E-state index contributed by atoms with van der Waals surface area (Å²) in [4.78, 5) is 52.8. The van der Waals surface area contributed by atoms with Gasteiger partial charge in [0.25, 0.3) is 5.91 Å². The van der Waals surface area contributed by atoms with E-state index in [0.717, 1.165) is 6.07 Å². The van der Waals surface area contributed by atoms with Gasteiger partial charge in [0.2, 0.25) is 5.91 Å². The molecule has 2 N–H and O–H groups in total. The van der Waals surface area contributed by atoms with Gasteiger partial charge < -0.3 is 15.0 Å². The second-order valence-corrected chi connectivity index (χ2v) is 6.21. The van der Waals surface area contributed by atoms with E-state index in [1.165, 1.54) is 4.90 Å². The number of amides is 2. The molecule has 8 heteroatoms. The lowest BCUT2D eigenvalue weighted by Crippen LogP contribution is -2.44. The number of nitrogens with one attached hydrogen (secondary N) is 2. The monoisotopic (exact) mass is 377 g/mol. The molecule has 1 aliphatic rings. The predicted octanol–water partition coefficient (Wildman–Crippen LogP) is 1.67. The van der Waals surface area contributed by atoms with Crippen molar-refractivity contribution in [3.05, 3.63) is 70.5 Å². The molecule has 2 aromatic carbocycles. The Bertz CT molecular complexity index is 1170. The number of para-hydroxylation sites is 3. The zero-order chi connectivity index (χ0) is 19.7. The highest BCUT2D eigenvalue weighted by atomic mass is 16.5. The smallest absolute Gasteiger partial charge is 0.355 e. The molecule has 0 unspecified atom stereocenters. The van der Waals surface area contributed by atoms with Gasteiger partial charge in [0.05, 0.1) is 11.4 Å². The molecule has 140 valence electrons. The Morgan fingerprint density at radius 2 is 1.79 bits per heavy atom. The van der Waals surface area contributed by atoms with E-state index in [2.05, 4.69) is 10.3 Å². The van der Waals surface area contributed by atoms with Crippen molar-refractivity contribution in [2.45, 2.75) is 0 Å². The van der Waals surface area contributed by atoms with Crippen LogP contribution in [0.4, 0.5) is 11.4 Å². The minimum atomic E-state index is -0.828. The maximum absolute atomic E-state index is 12.5. The molecule has 3 aromatic rings. The van der Waals surface area contributed by atoms with E-state index in [-0.39, 0.29) is 23.6 Å². The standard InChI is InChI=1S/C20H15N3O5/c24-17-9-15(21-13-6-2-1-5-12(13)17)20(27)28-11-19(26)23-10-18(25)22-14-7-3-4-8-16(14)23/h1-9H,10-11H2,(H,21,24)(H,22,25). The highest BCUT2D eigenvalue weighted by Crippen LogP contribution is 2.28. The van der Waals surface area contributed by atoms with Gasteiger partial charge in [-0.3, -0.25) is 19.3 Å². The second kappa shape index (κ2) is 6.99. The average molecular weight is 377 g/mol. The number of carbonyl (C=O) groups is 3. The molecule has 0 saturated heterocycles. The number of nitrogens with zero attached hydrogens (tertiary/aromatic N) is 1. The first kappa shape index (κ1) is 17.5. The molecule has 2 heterocycles. The summed E-state index contributed by atoms with van der Waals surface area (Å²) in [7, 11) is 0. The summed E-state index contributed by atoms with van der Waals surface area (Å²) in [6.07, 6.45) is 0. The summed E-state index contributed by atoms with van der Waals surface area (Å²) in [5.41, 5.74) is 1.16. The third-order valence-corrected chi connectivity index (χ3v) is 4.36. The third kappa shape index (κ3) is 3.23. The van der Waals surface area contributed by atoms with Gasteiger partial charge >= 0.3 is 5.97 Å². The van der Waals surface area contributed by atoms with E-state index in [1.54, 1.807) is 48.5 Å². The van der Waals surface area contributed by atoms with Crippen molar-refractivity contribution in [3.8, 4) is 0 Å². The van der Waals surface area contributed by atoms with E-state index in [1.807, 2.05) is 0 Å². The van der Waals surface area contributed by atoms with E-state index < -0.39 is 18.5 Å². The van der Waals surface area contributed by atoms with Gasteiger partial charge in [0.1, 0.15) is 12.2 Å². The maximum atomic E-state index is 12.5. The molecule has 1 aromatic heterocycles. The summed E-state index contributed by atoms with van der Waals surface area (Å²) in [6.45, 7) is -0.727. The fourth-order valence-electron chi connectivity index (χ4n) is 3.05. The zero-order valence-corrected chi connectivity index (χ0v) is 14.6. The molecular formula is C20H15N3O5. The third-order valence-electron chi connectivity index (χ3n) is 4.36. The number of anilines is 2. The van der Waals surface area contributed by atoms with Gasteiger partial charge in [-0.1, -0.05) is 24.3 Å². The highest BCUT2D eigenvalue weighted by molar-refractivity contribution is 6.10. The number of rotatable bonds is 3. The number of H-pyrrole nitrogens is 1. The van der Waals surface area contributed by atoms with E-state index in [9.17, 15) is 19.2 Å². The number of aromatic amines is 1. The van der Waals surface area contributed by atoms with Crippen molar-refractivity contribution in [2.75, 3.05) is 23.4 Å². The molecule has 8 nitrogen and oxygen atoms in total. The lowest BCUT2D eigenvalue weighted by Gasteiger charge is -2.28. The van der Waals surface area contributed by atoms with Crippen molar-refractivity contribution in [1.82, 2.24) is 4.98 Å². The van der Waals surface area contributed by atoms with Crippen molar-refractivity contribution in [2.24, 2.45) is 0 Å². The predicted molar refractivity (Wildman–Crippen MR) is 102 cm³/mol. The molecule has 0 saturated carbocycles. The number of pyridine rings is 1. The Balaban J connectivity index is 1.50. The Morgan fingerprint density at radius 1 is 1.04 bits per heavy atom. The van der Waals surface area contributed by atoms with Crippen LogP contribution in [0, 0.1) is 0 Å². The first-order chi connectivity index (χ1) is 13.5. The first-order valence-electron chi connectivity index (χ1n) is 8.51. The topological polar surface area (TPSA) is 109 Å². The summed E-state index contributed by atoms with van der Waals surface area (Å²) < 4.78 is 5.07. The molecule has 1 aliphatic heterocycles. The number of benzene rings is 2. The van der Waals surface area contributed by atoms with E-state index in [4.69, 9.17) is 4.74 Å². The summed E-state index contributed by atoms with van der Waals surface area (Å²) in [6, 6.07) is 14.8. The minimum absolute atomic E-state index is 0.0479. The Morgan fingerprint density at radius 3 is 2.64 bits per heavy atom. The fourth-order valence-corrected chi connectivity index (χ4v) is 3.05. The van der Waals surface area contributed by atoms with E-state index >= 15 is 0 Å². The van der Waals surface area contributed by atoms with Crippen LogP contribution in [-0.2, 0) is 14.3 Å². The summed E-state index contributed by atoms with van der Waals surface area (Å²) in [5.74, 6) is -1.71. The Labute approximate surface area is 158 Å². The van der Waals surface area contributed by atoms with Crippen molar-refractivity contribution >= 4 is 40.1 Å². The van der Waals surface area contributed by atoms with Gasteiger partial charge in [-0.2, -0.15) is 0 Å². The first-order valence-corrected chi connectivity index (χ1v) is 8.51. The number of hydrogen-bond acceptors (Lipinski definition) is 5. The average Bonchev–Trinajstić information content (AvgIpc) is 2.71. The molecule has 0 bridgehead atoms. The number of aromatic nitrogens is 1. The molecule has 0 atom stereocenters. The second-order valence-electron chi connectivity index (χ2n) is 6.21. The van der Waals surface area contributed by atoms with Crippen LogP contribution in [0.15, 0.2) is 59.4 Å². The van der Waals surface area contributed by atoms with Gasteiger partial charge in [-0.15, -0.1) is 0 Å². The lowest BCUT2D eigenvalue weighted by molar-refractivity contribution is -0.124. The molecule has 4 rings (SSSR count). The Hall–Kier alpha value is -3.94. The summed E-state index contributed by atoms with van der Waals surface area (Å²) in [5, 5.41) is 3.13. The van der Waals surface area contributed by atoms with Crippen LogP contribution in [0.1, 0.15) is 10.5 Å². The molecule has 2 amide bonds. The van der Waals surface area contributed by atoms with Crippen LogP contribution in [-0.4, -0.2) is 35.9 Å². The number of esters is 1. The number of carbonyl (C=O) groups excluding carboxylic acids is 3. The number of fused-ring (bicyclic) bond motifs is 2. The number of ether oxygens (including phenoxy) is 1. The zero-order valence-electron chi connectivity index (χ0n) is 14.6. The SMILES string of the molecule is O=C1CN(C(=O)COC(=O)c2cc(=O)c3ccccc3[nH]2)c2ccccc2N1. The van der Waals surface area contributed by atoms with Crippen LogP contribution < -0.4 is 15.6 Å². The molecule has 0 radical (unpaired) electrons. The summed E-state index contributed by atoms with van der Waals surface area (Å²) >= 11 is 0. The normalized spacial score (nSPS) is 13.0. The molecule has 28 heavy (non-hydrogen) atoms. The Kier molecular flexibility index (Phi) is 4.36. The minimum Gasteiger partial charge on any atom is -0.451 e. The molecular weight excluding hydrogens is 362 g/mol. The van der Waals surface area contributed by atoms with Crippen molar-refractivity contribution < 1.29 is 19.1 Å². The molecule has 0 fully saturated rings. The molecule has 0 aliphatic carbocycles. The van der Waals surface area contributed by atoms with Gasteiger partial charge in [0.15, 0.2) is 12.0 Å². The van der Waals surface area contributed by atoms with Crippen LogP contribution >= 0.6 is 0 Å². The lowest BCUT2D eigenvalue weighted by atomic mass is 10.2. The van der Waals surface area contributed by atoms with Gasteiger partial charge in [-0.05, 0) is 24.3 Å². The number of hydrogen-bond donors (Lipinski definition) is 2. The van der Waals surface area contributed by atoms with E-state index in [0.29, 0.717) is 22.3 Å². The van der Waals surface area contributed by atoms with Gasteiger partial charge in [-0.25, -0.2) is 4.79 Å². The quantitative estimate of drug-likeness (QED) is 0.675.